The van der Waals surface area contributed by atoms with Crippen molar-refractivity contribution in [2.45, 2.75) is 25.9 Å². The van der Waals surface area contributed by atoms with E-state index < -0.39 is 0 Å². The van der Waals surface area contributed by atoms with Gasteiger partial charge in [0, 0.05) is 24.2 Å². The zero-order valence-corrected chi connectivity index (χ0v) is 11.3. The van der Waals surface area contributed by atoms with Gasteiger partial charge in [0.1, 0.15) is 5.01 Å². The van der Waals surface area contributed by atoms with Crippen molar-refractivity contribution in [3.8, 4) is 10.7 Å². The largest absolute Gasteiger partial charge is 0.308 e. The molecule has 4 heteroatoms. The Labute approximate surface area is 112 Å². The Bertz CT molecular complexity index is 493. The third-order valence-corrected chi connectivity index (χ3v) is 3.50. The van der Waals surface area contributed by atoms with E-state index in [-0.39, 0.29) is 0 Å². The number of pyridine rings is 1. The van der Waals surface area contributed by atoms with Crippen LogP contribution in [0.4, 0.5) is 0 Å². The highest BCUT2D eigenvalue weighted by molar-refractivity contribution is 7.13. The minimum absolute atomic E-state index is 0.433. The third kappa shape index (κ3) is 3.48. The van der Waals surface area contributed by atoms with Crippen molar-refractivity contribution in [1.29, 1.82) is 0 Å². The van der Waals surface area contributed by atoms with Crippen molar-refractivity contribution in [1.82, 2.24) is 15.3 Å². The second kappa shape index (κ2) is 6.42. The molecule has 0 aliphatic rings. The van der Waals surface area contributed by atoms with Crippen molar-refractivity contribution < 1.29 is 0 Å². The van der Waals surface area contributed by atoms with Crippen molar-refractivity contribution in [3.05, 3.63) is 48.1 Å². The van der Waals surface area contributed by atoms with Gasteiger partial charge in [0.05, 0.1) is 11.4 Å². The molecular formula is C14H17N3S. The van der Waals surface area contributed by atoms with E-state index in [9.17, 15) is 0 Å². The molecule has 1 unspecified atom stereocenters. The molecule has 0 aliphatic heterocycles. The van der Waals surface area contributed by atoms with Crippen molar-refractivity contribution >= 4 is 11.3 Å². The monoisotopic (exact) mass is 259 g/mol. The number of nitrogens with zero attached hydrogens (tertiary/aromatic N) is 2. The highest BCUT2D eigenvalue weighted by atomic mass is 32.1. The molecule has 0 aliphatic carbocycles. The predicted molar refractivity (Wildman–Crippen MR) is 76.5 cm³/mol. The summed E-state index contributed by atoms with van der Waals surface area (Å²) < 4.78 is 0. The Morgan fingerprint density at radius 3 is 3.11 bits per heavy atom. The molecule has 3 nitrogen and oxygen atoms in total. The van der Waals surface area contributed by atoms with Crippen LogP contribution >= 0.6 is 11.3 Å². The first-order valence-corrected chi connectivity index (χ1v) is 6.87. The average Bonchev–Trinajstić information content (AvgIpc) is 2.87. The summed E-state index contributed by atoms with van der Waals surface area (Å²) in [6.45, 7) is 6.67. The van der Waals surface area contributed by atoms with Gasteiger partial charge in [0.15, 0.2) is 0 Å². The lowest BCUT2D eigenvalue weighted by molar-refractivity contribution is 0.549. The van der Waals surface area contributed by atoms with Crippen LogP contribution < -0.4 is 5.32 Å². The van der Waals surface area contributed by atoms with Crippen LogP contribution in [0.2, 0.25) is 0 Å². The van der Waals surface area contributed by atoms with Gasteiger partial charge >= 0.3 is 0 Å². The minimum atomic E-state index is 0.433. The fourth-order valence-corrected chi connectivity index (χ4v) is 2.40. The summed E-state index contributed by atoms with van der Waals surface area (Å²) in [4.78, 5) is 8.88. The molecule has 2 aromatic heterocycles. The normalized spacial score (nSPS) is 12.3. The van der Waals surface area contributed by atoms with E-state index in [2.05, 4.69) is 34.2 Å². The van der Waals surface area contributed by atoms with E-state index in [0.717, 1.165) is 29.4 Å². The Hall–Kier alpha value is -1.52. The standard InChI is InChI=1S/C14H17N3S/c1-3-6-11(2)16-9-12-10-18-14(17-12)13-7-4-5-8-15-13/h3-5,7-8,10-11,16H,1,6,9H2,2H3. The summed E-state index contributed by atoms with van der Waals surface area (Å²) in [5, 5.41) is 6.47. The molecule has 94 valence electrons. The van der Waals surface area contributed by atoms with Gasteiger partial charge in [-0.25, -0.2) is 4.98 Å². The first-order chi connectivity index (χ1) is 8.79. The molecular weight excluding hydrogens is 242 g/mol. The van der Waals surface area contributed by atoms with Crippen LogP contribution in [0.15, 0.2) is 42.4 Å². The van der Waals surface area contributed by atoms with Crippen LogP contribution in [-0.4, -0.2) is 16.0 Å². The minimum Gasteiger partial charge on any atom is -0.308 e. The smallest absolute Gasteiger partial charge is 0.142 e. The Kier molecular flexibility index (Phi) is 4.61. The van der Waals surface area contributed by atoms with Gasteiger partial charge in [-0.15, -0.1) is 17.9 Å². The molecule has 18 heavy (non-hydrogen) atoms. The predicted octanol–water partition coefficient (Wildman–Crippen LogP) is 3.26. The van der Waals surface area contributed by atoms with E-state index in [0.29, 0.717) is 6.04 Å². The molecule has 0 aromatic carbocycles. The number of rotatable bonds is 6. The zero-order chi connectivity index (χ0) is 12.8. The van der Waals surface area contributed by atoms with Crippen LogP contribution in [0.1, 0.15) is 19.0 Å². The lowest BCUT2D eigenvalue weighted by Crippen LogP contribution is -2.24. The lowest BCUT2D eigenvalue weighted by Gasteiger charge is -2.09. The highest BCUT2D eigenvalue weighted by Gasteiger charge is 2.06. The average molecular weight is 259 g/mol. The van der Waals surface area contributed by atoms with Crippen LogP contribution in [0.3, 0.4) is 0 Å². The fourth-order valence-electron chi connectivity index (χ4n) is 1.61. The van der Waals surface area contributed by atoms with Gasteiger partial charge in [-0.05, 0) is 25.5 Å². The molecule has 0 bridgehead atoms. The Morgan fingerprint density at radius 2 is 2.39 bits per heavy atom. The van der Waals surface area contributed by atoms with E-state index in [4.69, 9.17) is 0 Å². The molecule has 1 atom stereocenters. The van der Waals surface area contributed by atoms with Gasteiger partial charge < -0.3 is 5.32 Å². The van der Waals surface area contributed by atoms with E-state index in [1.165, 1.54) is 0 Å². The topological polar surface area (TPSA) is 37.8 Å². The maximum absolute atomic E-state index is 4.58. The van der Waals surface area contributed by atoms with Crippen LogP contribution in [0, 0.1) is 0 Å². The second-order valence-electron chi connectivity index (χ2n) is 4.17. The van der Waals surface area contributed by atoms with Crippen LogP contribution in [0.25, 0.3) is 10.7 Å². The Balaban J connectivity index is 1.96. The van der Waals surface area contributed by atoms with Crippen molar-refractivity contribution in [2.75, 3.05) is 0 Å². The van der Waals surface area contributed by atoms with E-state index in [1.807, 2.05) is 24.3 Å². The quantitative estimate of drug-likeness (QED) is 0.809. The summed E-state index contributed by atoms with van der Waals surface area (Å²) in [6, 6.07) is 6.31. The molecule has 2 heterocycles. The summed E-state index contributed by atoms with van der Waals surface area (Å²) >= 11 is 1.63. The number of aromatic nitrogens is 2. The van der Waals surface area contributed by atoms with E-state index in [1.54, 1.807) is 17.5 Å². The SMILES string of the molecule is C=CCC(C)NCc1csc(-c2ccccn2)n1. The molecule has 2 aromatic rings. The van der Waals surface area contributed by atoms with Crippen LogP contribution in [-0.2, 0) is 6.54 Å². The number of hydrogen-bond acceptors (Lipinski definition) is 4. The number of thiazole rings is 1. The highest BCUT2D eigenvalue weighted by Crippen LogP contribution is 2.21. The molecule has 0 saturated carbocycles. The molecule has 0 spiro atoms. The first-order valence-electron chi connectivity index (χ1n) is 5.99. The summed E-state index contributed by atoms with van der Waals surface area (Å²) in [6.07, 6.45) is 4.69. The second-order valence-corrected chi connectivity index (χ2v) is 5.02. The number of hydrogen-bond donors (Lipinski definition) is 1. The van der Waals surface area contributed by atoms with Crippen molar-refractivity contribution in [3.63, 3.8) is 0 Å². The van der Waals surface area contributed by atoms with E-state index >= 15 is 0 Å². The molecule has 1 N–H and O–H groups in total. The zero-order valence-electron chi connectivity index (χ0n) is 10.5. The van der Waals surface area contributed by atoms with Gasteiger partial charge in [-0.1, -0.05) is 12.1 Å². The molecule has 0 saturated heterocycles. The molecule has 0 fully saturated rings. The maximum Gasteiger partial charge on any atom is 0.142 e. The van der Waals surface area contributed by atoms with Gasteiger partial charge in [0.2, 0.25) is 0 Å². The van der Waals surface area contributed by atoms with Gasteiger partial charge in [0.25, 0.3) is 0 Å². The van der Waals surface area contributed by atoms with Crippen molar-refractivity contribution in [2.24, 2.45) is 0 Å². The maximum atomic E-state index is 4.58. The Morgan fingerprint density at radius 1 is 1.50 bits per heavy atom. The summed E-state index contributed by atoms with van der Waals surface area (Å²) in [5.41, 5.74) is 2.00. The molecule has 0 radical (unpaired) electrons. The first kappa shape index (κ1) is 12.9. The number of nitrogens with one attached hydrogen (secondary N) is 1. The van der Waals surface area contributed by atoms with Gasteiger partial charge in [-0.2, -0.15) is 0 Å². The van der Waals surface area contributed by atoms with Crippen LogP contribution in [0.5, 0.6) is 0 Å². The molecule has 2 rings (SSSR count). The fraction of sp³-hybridized carbons (Fsp3) is 0.286. The lowest BCUT2D eigenvalue weighted by atomic mass is 10.2. The summed E-state index contributed by atoms with van der Waals surface area (Å²) in [7, 11) is 0. The summed E-state index contributed by atoms with van der Waals surface area (Å²) in [5.74, 6) is 0. The third-order valence-electron chi connectivity index (χ3n) is 2.59. The van der Waals surface area contributed by atoms with Gasteiger partial charge in [-0.3, -0.25) is 4.98 Å². The molecule has 0 amide bonds.